The molecule has 0 N–H and O–H groups in total. The predicted octanol–water partition coefficient (Wildman–Crippen LogP) is 4.17. The topological polar surface area (TPSA) is 29.5 Å². The van der Waals surface area contributed by atoms with E-state index < -0.39 is 0 Å². The van der Waals surface area contributed by atoms with Gasteiger partial charge >= 0.3 is 0 Å². The van der Waals surface area contributed by atoms with E-state index in [2.05, 4.69) is 0 Å². The maximum atomic E-state index is 12.6. The SMILES string of the molecule is COc1ccc([C@H]2S[C@@H](C)C(=O)N2c2ccc(C)cc2)cc1. The van der Waals surface area contributed by atoms with Crippen LogP contribution in [0.3, 0.4) is 0 Å². The Morgan fingerprint density at radius 3 is 2.27 bits per heavy atom. The van der Waals surface area contributed by atoms with Crippen LogP contribution in [-0.4, -0.2) is 18.3 Å². The van der Waals surface area contributed by atoms with E-state index in [9.17, 15) is 4.79 Å². The Morgan fingerprint density at radius 1 is 1.05 bits per heavy atom. The first-order valence-electron chi connectivity index (χ1n) is 7.29. The summed E-state index contributed by atoms with van der Waals surface area (Å²) < 4.78 is 5.21. The molecule has 1 aliphatic rings. The van der Waals surface area contributed by atoms with Gasteiger partial charge in [-0.15, -0.1) is 11.8 Å². The average Bonchev–Trinajstić information content (AvgIpc) is 2.84. The second-order valence-corrected chi connectivity index (χ2v) is 6.87. The third-order valence-electron chi connectivity index (χ3n) is 3.87. The molecular weight excluding hydrogens is 294 g/mol. The first-order valence-corrected chi connectivity index (χ1v) is 8.23. The zero-order valence-electron chi connectivity index (χ0n) is 12.9. The monoisotopic (exact) mass is 313 g/mol. The third kappa shape index (κ3) is 2.71. The molecule has 0 spiro atoms. The fourth-order valence-electron chi connectivity index (χ4n) is 2.59. The van der Waals surface area contributed by atoms with Crippen molar-refractivity contribution < 1.29 is 9.53 Å². The van der Waals surface area contributed by atoms with Crippen molar-refractivity contribution in [3.63, 3.8) is 0 Å². The van der Waals surface area contributed by atoms with Crippen molar-refractivity contribution in [3.05, 3.63) is 59.7 Å². The van der Waals surface area contributed by atoms with E-state index >= 15 is 0 Å². The quantitative estimate of drug-likeness (QED) is 0.851. The Kier molecular flexibility index (Phi) is 4.12. The summed E-state index contributed by atoms with van der Waals surface area (Å²) in [7, 11) is 1.66. The third-order valence-corrected chi connectivity index (χ3v) is 5.22. The number of rotatable bonds is 3. The van der Waals surface area contributed by atoms with Gasteiger partial charge < -0.3 is 4.74 Å². The fraction of sp³-hybridized carbons (Fsp3) is 0.278. The molecule has 3 rings (SSSR count). The molecule has 1 saturated heterocycles. The molecule has 3 nitrogen and oxygen atoms in total. The van der Waals surface area contributed by atoms with E-state index in [1.54, 1.807) is 18.9 Å². The molecule has 0 unspecified atom stereocenters. The molecule has 0 radical (unpaired) electrons. The minimum Gasteiger partial charge on any atom is -0.497 e. The zero-order valence-corrected chi connectivity index (χ0v) is 13.8. The van der Waals surface area contributed by atoms with Crippen molar-refractivity contribution in [2.45, 2.75) is 24.5 Å². The minimum atomic E-state index is -0.0339. The number of nitrogens with zero attached hydrogens (tertiary/aromatic N) is 1. The van der Waals surface area contributed by atoms with Crippen molar-refractivity contribution in [2.75, 3.05) is 12.0 Å². The summed E-state index contributed by atoms with van der Waals surface area (Å²) in [6.07, 6.45) is 0. The molecule has 0 saturated carbocycles. The highest BCUT2D eigenvalue weighted by atomic mass is 32.2. The lowest BCUT2D eigenvalue weighted by atomic mass is 10.1. The predicted molar refractivity (Wildman–Crippen MR) is 91.5 cm³/mol. The summed E-state index contributed by atoms with van der Waals surface area (Å²) in [6, 6.07) is 16.1. The zero-order chi connectivity index (χ0) is 15.7. The van der Waals surface area contributed by atoms with E-state index in [0.717, 1.165) is 17.0 Å². The molecule has 1 fully saturated rings. The van der Waals surface area contributed by atoms with Crippen LogP contribution >= 0.6 is 11.8 Å². The average molecular weight is 313 g/mol. The molecular formula is C18H19NO2S. The largest absolute Gasteiger partial charge is 0.497 e. The standard InChI is InChI=1S/C18H19NO2S/c1-12-4-8-15(9-5-12)19-17(20)13(2)22-18(19)14-6-10-16(21-3)11-7-14/h4-11,13,18H,1-3H3/t13-,18+/m0/s1. The number of amides is 1. The van der Waals surface area contributed by atoms with Gasteiger partial charge in [0.25, 0.3) is 0 Å². The summed E-state index contributed by atoms with van der Waals surface area (Å²) >= 11 is 1.68. The van der Waals surface area contributed by atoms with Crippen LogP contribution < -0.4 is 9.64 Å². The molecule has 2 aromatic carbocycles. The number of carbonyl (C=O) groups is 1. The second kappa shape index (κ2) is 6.05. The van der Waals surface area contributed by atoms with Gasteiger partial charge in [0.15, 0.2) is 0 Å². The number of thioether (sulfide) groups is 1. The lowest BCUT2D eigenvalue weighted by molar-refractivity contribution is -0.117. The molecule has 114 valence electrons. The minimum absolute atomic E-state index is 0.0103. The summed E-state index contributed by atoms with van der Waals surface area (Å²) in [6.45, 7) is 4.02. The van der Waals surface area contributed by atoms with E-state index in [-0.39, 0.29) is 16.5 Å². The number of hydrogen-bond acceptors (Lipinski definition) is 3. The van der Waals surface area contributed by atoms with Gasteiger partial charge in [0.1, 0.15) is 11.1 Å². The highest BCUT2D eigenvalue weighted by Gasteiger charge is 2.39. The van der Waals surface area contributed by atoms with Crippen LogP contribution in [0.15, 0.2) is 48.5 Å². The molecule has 2 aromatic rings. The van der Waals surface area contributed by atoms with Crippen LogP contribution in [0.25, 0.3) is 0 Å². The van der Waals surface area contributed by atoms with Crippen molar-refractivity contribution in [3.8, 4) is 5.75 Å². The summed E-state index contributed by atoms with van der Waals surface area (Å²) in [4.78, 5) is 14.5. The number of hydrogen-bond donors (Lipinski definition) is 0. The Hall–Kier alpha value is -1.94. The Labute approximate surface area is 135 Å². The van der Waals surface area contributed by atoms with Gasteiger partial charge in [0.2, 0.25) is 5.91 Å². The lowest BCUT2D eigenvalue weighted by Gasteiger charge is -2.24. The highest BCUT2D eigenvalue weighted by Crippen LogP contribution is 2.45. The van der Waals surface area contributed by atoms with Gasteiger partial charge in [-0.05, 0) is 43.7 Å². The van der Waals surface area contributed by atoms with Crippen molar-refractivity contribution >= 4 is 23.4 Å². The molecule has 22 heavy (non-hydrogen) atoms. The number of methoxy groups -OCH3 is 1. The van der Waals surface area contributed by atoms with Crippen LogP contribution in [0, 0.1) is 6.92 Å². The summed E-state index contributed by atoms with van der Waals surface area (Å²) in [5.41, 5.74) is 3.26. The maximum Gasteiger partial charge on any atom is 0.241 e. The summed E-state index contributed by atoms with van der Waals surface area (Å²) in [5.74, 6) is 0.989. The van der Waals surface area contributed by atoms with E-state index in [1.165, 1.54) is 5.56 Å². The lowest BCUT2D eigenvalue weighted by Crippen LogP contribution is -2.30. The molecule has 1 heterocycles. The van der Waals surface area contributed by atoms with Gasteiger partial charge in [-0.2, -0.15) is 0 Å². The van der Waals surface area contributed by atoms with Crippen LogP contribution in [0.5, 0.6) is 5.75 Å². The number of anilines is 1. The number of benzene rings is 2. The van der Waals surface area contributed by atoms with Gasteiger partial charge in [-0.25, -0.2) is 0 Å². The molecule has 1 aliphatic heterocycles. The van der Waals surface area contributed by atoms with Gasteiger partial charge in [-0.1, -0.05) is 29.8 Å². The Balaban J connectivity index is 1.97. The molecule has 0 bridgehead atoms. The number of carbonyl (C=O) groups excluding carboxylic acids is 1. The molecule has 0 aromatic heterocycles. The fourth-order valence-corrected chi connectivity index (χ4v) is 3.87. The van der Waals surface area contributed by atoms with Crippen LogP contribution in [-0.2, 0) is 4.79 Å². The van der Waals surface area contributed by atoms with E-state index in [0.29, 0.717) is 0 Å². The normalized spacial score (nSPS) is 21.2. The Bertz CT molecular complexity index is 666. The molecule has 2 atom stereocenters. The van der Waals surface area contributed by atoms with Gasteiger partial charge in [-0.3, -0.25) is 9.69 Å². The summed E-state index contributed by atoms with van der Waals surface area (Å²) in [5, 5.41) is -0.0236. The molecule has 0 aliphatic carbocycles. The van der Waals surface area contributed by atoms with Gasteiger partial charge in [0.05, 0.1) is 12.4 Å². The van der Waals surface area contributed by atoms with E-state index in [1.807, 2.05) is 67.3 Å². The van der Waals surface area contributed by atoms with Crippen LogP contribution in [0.4, 0.5) is 5.69 Å². The van der Waals surface area contributed by atoms with Crippen molar-refractivity contribution in [1.29, 1.82) is 0 Å². The number of ether oxygens (including phenoxy) is 1. The van der Waals surface area contributed by atoms with Gasteiger partial charge in [0, 0.05) is 5.69 Å². The molecule has 4 heteroatoms. The number of aryl methyl sites for hydroxylation is 1. The first-order chi connectivity index (χ1) is 10.6. The van der Waals surface area contributed by atoms with Crippen molar-refractivity contribution in [1.82, 2.24) is 0 Å². The smallest absolute Gasteiger partial charge is 0.241 e. The highest BCUT2D eigenvalue weighted by molar-refractivity contribution is 8.01. The van der Waals surface area contributed by atoms with Crippen LogP contribution in [0.2, 0.25) is 0 Å². The van der Waals surface area contributed by atoms with E-state index in [4.69, 9.17) is 4.74 Å². The first kappa shape index (κ1) is 15.0. The Morgan fingerprint density at radius 2 is 1.68 bits per heavy atom. The second-order valence-electron chi connectivity index (χ2n) is 5.45. The maximum absolute atomic E-state index is 12.6. The van der Waals surface area contributed by atoms with Crippen LogP contribution in [0.1, 0.15) is 23.4 Å². The molecule has 1 amide bonds. The van der Waals surface area contributed by atoms with Crippen molar-refractivity contribution in [2.24, 2.45) is 0 Å².